The number of hydrogen-bond acceptors (Lipinski definition) is 1. The Kier molecular flexibility index (Phi) is 2.60. The molecule has 0 saturated heterocycles. The summed E-state index contributed by atoms with van der Waals surface area (Å²) in [6, 6.07) is 19.8. The van der Waals surface area contributed by atoms with E-state index < -0.39 is 36.3 Å². The van der Waals surface area contributed by atoms with Gasteiger partial charge in [0.25, 0.3) is 0 Å². The summed E-state index contributed by atoms with van der Waals surface area (Å²) in [6.45, 7) is 0. The molecular weight excluding hydrogens is 438 g/mol. The Morgan fingerprint density at radius 1 is 0.611 bits per heavy atom. The van der Waals surface area contributed by atoms with Crippen molar-refractivity contribution < 1.29 is 17.1 Å². The zero-order valence-corrected chi connectivity index (χ0v) is 18.8. The van der Waals surface area contributed by atoms with E-state index in [4.69, 9.17) is 15.7 Å². The quantitative estimate of drug-likeness (QED) is 0.246. The van der Waals surface area contributed by atoms with Crippen LogP contribution >= 0.6 is 0 Å². The standard InChI is InChI=1S/C34H21NO/c1-2-10-25(11-3-1)35-30-14-5-4-12-26(30)27-18-16-24(21-31(27)35)23-17-19-32-29(20-23)28-13-6-8-22-9-7-15-33(36-32)34(22)28/h1-21H/i6D,7D,8D,9D,13D,15D,17D,19D,20D. The molecule has 2 heterocycles. The molecule has 2 heteroatoms. The Morgan fingerprint density at radius 2 is 1.42 bits per heavy atom. The monoisotopic (exact) mass is 468 g/mol. The zero-order valence-electron chi connectivity index (χ0n) is 27.8. The predicted octanol–water partition coefficient (Wildman–Crippen LogP) is 9.38. The molecule has 168 valence electrons. The minimum absolute atomic E-state index is 0.0107. The molecule has 0 fully saturated rings. The van der Waals surface area contributed by atoms with Crippen molar-refractivity contribution in [1.29, 1.82) is 0 Å². The second-order valence-corrected chi connectivity index (χ2v) is 8.68. The highest BCUT2D eigenvalue weighted by atomic mass is 16.5. The summed E-state index contributed by atoms with van der Waals surface area (Å²) in [5, 5.41) is 1.90. The lowest BCUT2D eigenvalue weighted by Gasteiger charge is -2.22. The molecule has 0 N–H and O–H groups in total. The fourth-order valence-electron chi connectivity index (χ4n) is 5.08. The second-order valence-electron chi connectivity index (χ2n) is 8.68. The lowest BCUT2D eigenvalue weighted by atomic mass is 9.92. The number of hydrogen-bond donors (Lipinski definition) is 0. The lowest BCUT2D eigenvalue weighted by Crippen LogP contribution is -1.97. The molecule has 2 nitrogen and oxygen atoms in total. The molecule has 0 unspecified atom stereocenters. The van der Waals surface area contributed by atoms with E-state index in [2.05, 4.69) is 4.57 Å². The first-order chi connectivity index (χ1) is 21.6. The number of nitrogens with zero attached hydrogens (tertiary/aromatic N) is 1. The van der Waals surface area contributed by atoms with Crippen LogP contribution in [-0.4, -0.2) is 4.57 Å². The Balaban J connectivity index is 1.48. The first kappa shape index (κ1) is 12.8. The topological polar surface area (TPSA) is 14.2 Å². The van der Waals surface area contributed by atoms with Crippen LogP contribution < -0.4 is 4.74 Å². The fourth-order valence-corrected chi connectivity index (χ4v) is 5.08. The molecule has 0 spiro atoms. The summed E-state index contributed by atoms with van der Waals surface area (Å²) >= 11 is 0. The normalized spacial score (nSPS) is 15.6. The van der Waals surface area contributed by atoms with Gasteiger partial charge in [-0.2, -0.15) is 0 Å². The molecule has 0 radical (unpaired) electrons. The van der Waals surface area contributed by atoms with Crippen molar-refractivity contribution in [2.75, 3.05) is 0 Å². The number of rotatable bonds is 2. The number of fused-ring (bicyclic) bond motifs is 5. The third-order valence-electron chi connectivity index (χ3n) is 6.67. The van der Waals surface area contributed by atoms with Crippen LogP contribution in [0.5, 0.6) is 11.5 Å². The first-order valence-corrected chi connectivity index (χ1v) is 11.6. The van der Waals surface area contributed by atoms with E-state index in [1.165, 1.54) is 0 Å². The van der Waals surface area contributed by atoms with Crippen LogP contribution in [0.4, 0.5) is 0 Å². The molecule has 1 aliphatic heterocycles. The van der Waals surface area contributed by atoms with E-state index in [-0.39, 0.29) is 57.1 Å². The maximum Gasteiger partial charge on any atom is 0.135 e. The predicted molar refractivity (Wildman–Crippen MR) is 149 cm³/mol. The molecule has 1 aliphatic rings. The number of ether oxygens (including phenoxy) is 1. The summed E-state index contributed by atoms with van der Waals surface area (Å²) in [5.41, 5.74) is 3.35. The molecular formula is C34H21NO. The molecule has 8 rings (SSSR count). The minimum Gasteiger partial charge on any atom is -0.456 e. The Bertz CT molecular complexity index is 2440. The van der Waals surface area contributed by atoms with Gasteiger partial charge < -0.3 is 9.30 Å². The van der Waals surface area contributed by atoms with Crippen LogP contribution in [0, 0.1) is 0 Å². The van der Waals surface area contributed by atoms with Gasteiger partial charge in [-0.1, -0.05) is 84.8 Å². The molecule has 0 atom stereocenters. The molecule has 7 aromatic rings. The van der Waals surface area contributed by atoms with Crippen LogP contribution in [0.3, 0.4) is 0 Å². The molecule has 0 aliphatic carbocycles. The van der Waals surface area contributed by atoms with Crippen molar-refractivity contribution in [2.45, 2.75) is 0 Å². The Morgan fingerprint density at radius 3 is 2.33 bits per heavy atom. The highest BCUT2D eigenvalue weighted by Gasteiger charge is 2.20. The van der Waals surface area contributed by atoms with Crippen LogP contribution in [0.25, 0.3) is 60.5 Å². The Labute approximate surface area is 221 Å². The molecule has 0 saturated carbocycles. The largest absolute Gasteiger partial charge is 0.456 e. The van der Waals surface area contributed by atoms with E-state index in [0.29, 0.717) is 5.56 Å². The van der Waals surface area contributed by atoms with Gasteiger partial charge in [0.15, 0.2) is 0 Å². The van der Waals surface area contributed by atoms with Gasteiger partial charge in [0.05, 0.1) is 23.4 Å². The summed E-state index contributed by atoms with van der Waals surface area (Å²) in [5.74, 6) is -0.442. The van der Waals surface area contributed by atoms with Gasteiger partial charge in [-0.15, -0.1) is 0 Å². The molecule has 6 aromatic carbocycles. The van der Waals surface area contributed by atoms with Crippen LogP contribution in [0.1, 0.15) is 12.3 Å². The van der Waals surface area contributed by atoms with E-state index in [0.717, 1.165) is 27.5 Å². The van der Waals surface area contributed by atoms with Gasteiger partial charge >= 0.3 is 0 Å². The molecule has 36 heavy (non-hydrogen) atoms. The molecule has 1 aromatic heterocycles. The minimum atomic E-state index is -0.514. The number of aromatic nitrogens is 1. The maximum absolute atomic E-state index is 9.40. The van der Waals surface area contributed by atoms with Gasteiger partial charge in [0, 0.05) is 27.4 Å². The SMILES string of the molecule is [2H]c1c([2H])c(-c2ccc3c4ccccc4n(-c4ccccc4)c3c2)c([2H])c2c1Oc1c([2H])c([2H])c([2H])c3c([2H])c([2H])c([2H])c-2c13. The highest BCUT2D eigenvalue weighted by Crippen LogP contribution is 2.47. The van der Waals surface area contributed by atoms with Gasteiger partial charge in [-0.3, -0.25) is 0 Å². The number of para-hydroxylation sites is 2. The van der Waals surface area contributed by atoms with Crippen molar-refractivity contribution in [3.05, 3.63) is 127 Å². The van der Waals surface area contributed by atoms with Crippen molar-refractivity contribution in [3.63, 3.8) is 0 Å². The lowest BCUT2D eigenvalue weighted by molar-refractivity contribution is 0.487. The van der Waals surface area contributed by atoms with Crippen LogP contribution in [-0.2, 0) is 0 Å². The van der Waals surface area contributed by atoms with E-state index in [9.17, 15) is 1.37 Å². The average Bonchev–Trinajstić information content (AvgIpc) is 3.38. The summed E-state index contributed by atoms with van der Waals surface area (Å²) in [7, 11) is 0. The average molecular weight is 469 g/mol. The van der Waals surface area contributed by atoms with Gasteiger partial charge in [-0.25, -0.2) is 0 Å². The van der Waals surface area contributed by atoms with E-state index in [1.54, 1.807) is 6.07 Å². The van der Waals surface area contributed by atoms with Crippen molar-refractivity contribution >= 4 is 32.6 Å². The van der Waals surface area contributed by atoms with Crippen molar-refractivity contribution in [2.24, 2.45) is 0 Å². The van der Waals surface area contributed by atoms with Crippen LogP contribution in [0.2, 0.25) is 0 Å². The third-order valence-corrected chi connectivity index (χ3v) is 6.67. The Hall–Kier alpha value is -4.82. The summed E-state index contributed by atoms with van der Waals surface area (Å²) in [4.78, 5) is 0. The molecule has 0 bridgehead atoms. The van der Waals surface area contributed by atoms with Crippen molar-refractivity contribution in [3.8, 4) is 39.4 Å². The second kappa shape index (κ2) is 7.34. The molecule has 0 amide bonds. The summed E-state index contributed by atoms with van der Waals surface area (Å²) in [6.07, 6.45) is 0. The fraction of sp³-hybridized carbons (Fsp3) is 0. The smallest absolute Gasteiger partial charge is 0.135 e. The number of benzene rings is 6. The highest BCUT2D eigenvalue weighted by molar-refractivity contribution is 6.10. The van der Waals surface area contributed by atoms with Crippen molar-refractivity contribution in [1.82, 2.24) is 4.57 Å². The van der Waals surface area contributed by atoms with E-state index >= 15 is 0 Å². The maximum atomic E-state index is 9.40. The van der Waals surface area contributed by atoms with Crippen LogP contribution in [0.15, 0.2) is 127 Å². The van der Waals surface area contributed by atoms with Gasteiger partial charge in [0.2, 0.25) is 0 Å². The summed E-state index contributed by atoms with van der Waals surface area (Å²) < 4.78 is 86.6. The van der Waals surface area contributed by atoms with E-state index in [1.807, 2.05) is 66.7 Å². The first-order valence-electron chi connectivity index (χ1n) is 16.1. The van der Waals surface area contributed by atoms with Gasteiger partial charge in [0.1, 0.15) is 11.5 Å². The zero-order chi connectivity index (χ0) is 31.5. The van der Waals surface area contributed by atoms with Gasteiger partial charge in [-0.05, 0) is 64.5 Å². The third kappa shape index (κ3) is 2.73.